The predicted molar refractivity (Wildman–Crippen MR) is 61.0 cm³/mol. The van der Waals surface area contributed by atoms with Crippen molar-refractivity contribution in [3.63, 3.8) is 0 Å². The van der Waals surface area contributed by atoms with E-state index in [9.17, 15) is 24.3 Å². The number of aliphatic hydroxyl groups is 1. The molecular formula is C9H12N3O7P-2. The molecule has 11 heteroatoms. The lowest BCUT2D eigenvalue weighted by atomic mass is 10.2. The summed E-state index contributed by atoms with van der Waals surface area (Å²) in [4.78, 5) is 35.8. The first-order chi connectivity index (χ1) is 9.26. The van der Waals surface area contributed by atoms with Gasteiger partial charge >= 0.3 is 5.69 Å². The number of phosphoric acid groups is 1. The number of anilines is 1. The maximum Gasteiger partial charge on any atom is 0.351 e. The molecular weight excluding hydrogens is 293 g/mol. The van der Waals surface area contributed by atoms with Gasteiger partial charge in [0.25, 0.3) is 0 Å². The van der Waals surface area contributed by atoms with Crippen molar-refractivity contribution in [2.75, 3.05) is 12.3 Å². The van der Waals surface area contributed by atoms with E-state index in [-0.39, 0.29) is 12.2 Å². The molecule has 1 fully saturated rings. The molecule has 0 amide bonds. The molecule has 3 N–H and O–H groups in total. The van der Waals surface area contributed by atoms with Crippen LogP contribution in [0.3, 0.4) is 0 Å². The Labute approximate surface area is 113 Å². The van der Waals surface area contributed by atoms with Gasteiger partial charge in [0.05, 0.1) is 20.5 Å². The van der Waals surface area contributed by atoms with Gasteiger partial charge in [-0.1, -0.05) is 0 Å². The van der Waals surface area contributed by atoms with E-state index in [4.69, 9.17) is 10.5 Å². The predicted octanol–water partition coefficient (Wildman–Crippen LogP) is -2.68. The van der Waals surface area contributed by atoms with Gasteiger partial charge in [-0.2, -0.15) is 4.98 Å². The Bertz CT molecular complexity index is 585. The summed E-state index contributed by atoms with van der Waals surface area (Å²) in [6.07, 6.45) is -1.56. The fourth-order valence-electron chi connectivity index (χ4n) is 1.85. The highest BCUT2D eigenvalue weighted by molar-refractivity contribution is 7.43. The topological polar surface area (TPSA) is 163 Å². The highest BCUT2D eigenvalue weighted by atomic mass is 31.2. The first-order valence-electron chi connectivity index (χ1n) is 5.61. The largest absolute Gasteiger partial charge is 0.790 e. The molecule has 112 valence electrons. The number of hydrogen-bond acceptors (Lipinski definition) is 9. The molecule has 0 aliphatic carbocycles. The SMILES string of the molecule is Nc1ccn([C@H]2C[C@@H](O)[C@@H](COP(=O)([O-])[O-])O2)c(=O)n1. The number of aliphatic hydroxyl groups excluding tert-OH is 1. The number of nitrogens with two attached hydrogens (primary N) is 1. The Morgan fingerprint density at radius 3 is 2.95 bits per heavy atom. The lowest BCUT2D eigenvalue weighted by Gasteiger charge is -2.30. The minimum absolute atomic E-state index is 0.0293. The fourth-order valence-corrected chi connectivity index (χ4v) is 2.18. The Kier molecular flexibility index (Phi) is 4.23. The summed E-state index contributed by atoms with van der Waals surface area (Å²) < 4.78 is 20.8. The molecule has 0 unspecified atom stereocenters. The van der Waals surface area contributed by atoms with E-state index in [1.165, 1.54) is 12.3 Å². The molecule has 1 aromatic heterocycles. The maximum atomic E-state index is 11.6. The second-order valence-electron chi connectivity index (χ2n) is 4.22. The third-order valence-corrected chi connectivity index (χ3v) is 3.23. The molecule has 0 bridgehead atoms. The van der Waals surface area contributed by atoms with E-state index in [1.807, 2.05) is 0 Å². The Hall–Kier alpha value is -1.29. The summed E-state index contributed by atoms with van der Waals surface area (Å²) in [5.74, 6) is 0.0447. The van der Waals surface area contributed by atoms with Crippen LogP contribution in [0.5, 0.6) is 0 Å². The zero-order chi connectivity index (χ0) is 14.9. The summed E-state index contributed by atoms with van der Waals surface area (Å²) in [6.45, 7) is -0.612. The number of nitrogens with zero attached hydrogens (tertiary/aromatic N) is 2. The van der Waals surface area contributed by atoms with Crippen molar-refractivity contribution >= 4 is 13.6 Å². The summed E-state index contributed by atoms with van der Waals surface area (Å²) >= 11 is 0. The quantitative estimate of drug-likeness (QED) is 0.564. The molecule has 0 radical (unpaired) electrons. The van der Waals surface area contributed by atoms with Crippen LogP contribution in [0.25, 0.3) is 0 Å². The highest BCUT2D eigenvalue weighted by Gasteiger charge is 2.35. The number of aromatic nitrogens is 2. The maximum absolute atomic E-state index is 11.6. The Balaban J connectivity index is 2.06. The van der Waals surface area contributed by atoms with Crippen molar-refractivity contribution in [3.05, 3.63) is 22.7 Å². The van der Waals surface area contributed by atoms with Gasteiger partial charge in [0, 0.05) is 12.6 Å². The highest BCUT2D eigenvalue weighted by Crippen LogP contribution is 2.31. The molecule has 2 heterocycles. The molecule has 1 aliphatic rings. The molecule has 2 rings (SSSR count). The van der Waals surface area contributed by atoms with Crippen molar-refractivity contribution in [1.82, 2.24) is 9.55 Å². The van der Waals surface area contributed by atoms with Gasteiger partial charge in [0.1, 0.15) is 18.1 Å². The molecule has 1 saturated heterocycles. The van der Waals surface area contributed by atoms with Gasteiger partial charge in [0.2, 0.25) is 0 Å². The number of ether oxygens (including phenoxy) is 1. The van der Waals surface area contributed by atoms with Gasteiger partial charge < -0.3 is 34.5 Å². The third kappa shape index (κ3) is 3.63. The van der Waals surface area contributed by atoms with Crippen molar-refractivity contribution in [2.45, 2.75) is 24.9 Å². The van der Waals surface area contributed by atoms with Gasteiger partial charge in [-0.05, 0) is 6.07 Å². The van der Waals surface area contributed by atoms with E-state index in [0.717, 1.165) is 4.57 Å². The molecule has 0 aromatic carbocycles. The van der Waals surface area contributed by atoms with Gasteiger partial charge in [-0.3, -0.25) is 4.57 Å². The van der Waals surface area contributed by atoms with Crippen LogP contribution < -0.4 is 21.2 Å². The van der Waals surface area contributed by atoms with E-state index >= 15 is 0 Å². The molecule has 1 aliphatic heterocycles. The Morgan fingerprint density at radius 2 is 2.35 bits per heavy atom. The molecule has 10 nitrogen and oxygen atoms in total. The van der Waals surface area contributed by atoms with E-state index < -0.39 is 38.6 Å². The van der Waals surface area contributed by atoms with Crippen molar-refractivity contribution in [2.24, 2.45) is 0 Å². The average Bonchev–Trinajstić information content (AvgIpc) is 2.67. The van der Waals surface area contributed by atoms with Crippen LogP contribution in [-0.4, -0.2) is 33.5 Å². The van der Waals surface area contributed by atoms with E-state index in [1.54, 1.807) is 0 Å². The lowest BCUT2D eigenvalue weighted by molar-refractivity contribution is -0.343. The molecule has 20 heavy (non-hydrogen) atoms. The molecule has 3 atom stereocenters. The van der Waals surface area contributed by atoms with Gasteiger partial charge in [-0.25, -0.2) is 4.79 Å². The minimum atomic E-state index is -5.14. The smallest absolute Gasteiger partial charge is 0.351 e. The van der Waals surface area contributed by atoms with Crippen LogP contribution in [0, 0.1) is 0 Å². The summed E-state index contributed by atoms with van der Waals surface area (Å²) in [5, 5.41) is 9.70. The van der Waals surface area contributed by atoms with Crippen LogP contribution in [0.15, 0.2) is 17.1 Å². The number of nitrogen functional groups attached to an aromatic ring is 1. The number of phosphoric ester groups is 1. The van der Waals surface area contributed by atoms with Gasteiger partial charge in [0.15, 0.2) is 0 Å². The first-order valence-corrected chi connectivity index (χ1v) is 7.07. The van der Waals surface area contributed by atoms with Gasteiger partial charge in [-0.15, -0.1) is 0 Å². The zero-order valence-corrected chi connectivity index (χ0v) is 11.0. The average molecular weight is 305 g/mol. The van der Waals surface area contributed by atoms with Crippen molar-refractivity contribution in [1.29, 1.82) is 0 Å². The normalized spacial score (nSPS) is 26.9. The summed E-state index contributed by atoms with van der Waals surface area (Å²) in [6, 6.07) is 1.38. The van der Waals surface area contributed by atoms with Crippen molar-refractivity contribution in [3.8, 4) is 0 Å². The molecule has 1 aromatic rings. The van der Waals surface area contributed by atoms with Crippen LogP contribution in [0.2, 0.25) is 0 Å². The second kappa shape index (κ2) is 5.60. The summed E-state index contributed by atoms with van der Waals surface area (Å²) in [7, 11) is -5.14. The number of hydrogen-bond donors (Lipinski definition) is 2. The van der Waals surface area contributed by atoms with Crippen LogP contribution in [0.1, 0.15) is 12.6 Å². The fraction of sp³-hybridized carbons (Fsp3) is 0.556. The van der Waals surface area contributed by atoms with Crippen LogP contribution in [-0.2, 0) is 13.8 Å². The summed E-state index contributed by atoms with van der Waals surface area (Å²) in [5.41, 5.74) is 4.68. The second-order valence-corrected chi connectivity index (χ2v) is 5.37. The Morgan fingerprint density at radius 1 is 1.65 bits per heavy atom. The van der Waals surface area contributed by atoms with E-state index in [2.05, 4.69) is 9.51 Å². The third-order valence-electron chi connectivity index (χ3n) is 2.76. The van der Waals surface area contributed by atoms with E-state index in [0.29, 0.717) is 0 Å². The first kappa shape index (κ1) is 15.1. The molecule has 0 saturated carbocycles. The zero-order valence-electron chi connectivity index (χ0n) is 10.1. The van der Waals surface area contributed by atoms with Crippen molar-refractivity contribution < 1.29 is 28.7 Å². The minimum Gasteiger partial charge on any atom is -0.790 e. The van der Waals surface area contributed by atoms with Crippen LogP contribution in [0.4, 0.5) is 5.82 Å². The monoisotopic (exact) mass is 305 g/mol. The standard InChI is InChI=1S/C9H14N3O7P/c10-7-1-2-12(9(14)11-7)8-3-5(13)6(19-8)4-18-20(15,16)17/h1-2,5-6,8,13H,3-4H2,(H2,10,11,14)(H2,15,16,17)/p-2/t5-,6-,8-/m1/s1. The lowest BCUT2D eigenvalue weighted by Crippen LogP contribution is -2.29. The van der Waals surface area contributed by atoms with Crippen LogP contribution >= 0.6 is 7.82 Å². The molecule has 0 spiro atoms. The number of rotatable bonds is 4.